The standard InChI is InChI=1S/C17H19ClN2O/c18-13-5-7-14(8-6-13)21-16-4-2-1-3-15(16)17(19)9-11-20-12-10-17/h1-8,20H,9-12,19H2. The molecule has 0 radical (unpaired) electrons. The molecule has 2 aromatic carbocycles. The highest BCUT2D eigenvalue weighted by atomic mass is 35.5. The van der Waals surface area contributed by atoms with E-state index in [0.29, 0.717) is 5.02 Å². The molecule has 110 valence electrons. The summed E-state index contributed by atoms with van der Waals surface area (Å²) in [6.45, 7) is 1.87. The lowest BCUT2D eigenvalue weighted by Crippen LogP contribution is -2.46. The number of hydrogen-bond acceptors (Lipinski definition) is 3. The predicted octanol–water partition coefficient (Wildman–Crippen LogP) is 3.67. The zero-order valence-electron chi connectivity index (χ0n) is 11.8. The first kappa shape index (κ1) is 14.4. The van der Waals surface area contributed by atoms with Crippen LogP contribution in [0.4, 0.5) is 0 Å². The lowest BCUT2D eigenvalue weighted by molar-refractivity contribution is 0.308. The van der Waals surface area contributed by atoms with Crippen LogP contribution in [0.3, 0.4) is 0 Å². The van der Waals surface area contributed by atoms with Gasteiger partial charge in [0.1, 0.15) is 11.5 Å². The Morgan fingerprint density at radius 3 is 2.38 bits per heavy atom. The fraction of sp³-hybridized carbons (Fsp3) is 0.294. The minimum atomic E-state index is -0.325. The highest BCUT2D eigenvalue weighted by Crippen LogP contribution is 2.36. The number of hydrogen-bond donors (Lipinski definition) is 2. The van der Waals surface area contributed by atoms with Gasteiger partial charge < -0.3 is 15.8 Å². The quantitative estimate of drug-likeness (QED) is 0.909. The summed E-state index contributed by atoms with van der Waals surface area (Å²) < 4.78 is 6.02. The first-order valence-electron chi connectivity index (χ1n) is 7.20. The van der Waals surface area contributed by atoms with Crippen LogP contribution in [-0.2, 0) is 5.54 Å². The van der Waals surface area contributed by atoms with Gasteiger partial charge in [0.05, 0.1) is 0 Å². The van der Waals surface area contributed by atoms with Crippen LogP contribution in [-0.4, -0.2) is 13.1 Å². The molecule has 2 aromatic rings. The maximum Gasteiger partial charge on any atom is 0.132 e. The van der Waals surface area contributed by atoms with E-state index < -0.39 is 0 Å². The van der Waals surface area contributed by atoms with Gasteiger partial charge in [0.25, 0.3) is 0 Å². The van der Waals surface area contributed by atoms with E-state index in [1.54, 1.807) is 0 Å². The van der Waals surface area contributed by atoms with Crippen molar-refractivity contribution < 1.29 is 4.74 Å². The molecular formula is C17H19ClN2O. The molecule has 0 amide bonds. The Labute approximate surface area is 130 Å². The molecule has 1 heterocycles. The van der Waals surface area contributed by atoms with Crippen LogP contribution in [0.25, 0.3) is 0 Å². The van der Waals surface area contributed by atoms with Crippen molar-refractivity contribution in [3.63, 3.8) is 0 Å². The Bertz CT molecular complexity index is 606. The summed E-state index contributed by atoms with van der Waals surface area (Å²) in [5, 5.41) is 4.05. The van der Waals surface area contributed by atoms with E-state index in [2.05, 4.69) is 11.4 Å². The predicted molar refractivity (Wildman–Crippen MR) is 85.9 cm³/mol. The van der Waals surface area contributed by atoms with Crippen molar-refractivity contribution in [1.29, 1.82) is 0 Å². The number of nitrogens with two attached hydrogens (primary N) is 1. The van der Waals surface area contributed by atoms with E-state index in [1.165, 1.54) is 0 Å². The van der Waals surface area contributed by atoms with E-state index in [0.717, 1.165) is 43.0 Å². The fourth-order valence-corrected chi connectivity index (χ4v) is 2.86. The second-order valence-electron chi connectivity index (χ2n) is 5.46. The molecule has 21 heavy (non-hydrogen) atoms. The van der Waals surface area contributed by atoms with Gasteiger partial charge in [-0.15, -0.1) is 0 Å². The van der Waals surface area contributed by atoms with Gasteiger partial charge in [-0.3, -0.25) is 0 Å². The molecule has 1 aliphatic heterocycles. The van der Waals surface area contributed by atoms with Gasteiger partial charge in [-0.05, 0) is 56.3 Å². The molecule has 0 aliphatic carbocycles. The van der Waals surface area contributed by atoms with Gasteiger partial charge in [-0.25, -0.2) is 0 Å². The SMILES string of the molecule is NC1(c2ccccc2Oc2ccc(Cl)cc2)CCNCC1. The largest absolute Gasteiger partial charge is 0.457 e. The van der Waals surface area contributed by atoms with Crippen LogP contribution >= 0.6 is 11.6 Å². The maximum absolute atomic E-state index is 6.62. The lowest BCUT2D eigenvalue weighted by atomic mass is 9.82. The third kappa shape index (κ3) is 3.21. The first-order chi connectivity index (χ1) is 10.2. The van der Waals surface area contributed by atoms with Gasteiger partial charge in [-0.2, -0.15) is 0 Å². The highest BCUT2D eigenvalue weighted by molar-refractivity contribution is 6.30. The maximum atomic E-state index is 6.62. The van der Waals surface area contributed by atoms with Crippen molar-refractivity contribution in [3.05, 3.63) is 59.1 Å². The van der Waals surface area contributed by atoms with E-state index >= 15 is 0 Å². The van der Waals surface area contributed by atoms with Crippen molar-refractivity contribution in [2.45, 2.75) is 18.4 Å². The third-order valence-corrected chi connectivity index (χ3v) is 4.21. The summed E-state index contributed by atoms with van der Waals surface area (Å²) in [5.41, 5.74) is 7.36. The van der Waals surface area contributed by atoms with Gasteiger partial charge in [0.2, 0.25) is 0 Å². The van der Waals surface area contributed by atoms with Crippen molar-refractivity contribution in [2.24, 2.45) is 5.73 Å². The number of rotatable bonds is 3. The van der Waals surface area contributed by atoms with Crippen molar-refractivity contribution in [1.82, 2.24) is 5.32 Å². The number of benzene rings is 2. The Kier molecular flexibility index (Phi) is 4.15. The minimum Gasteiger partial charge on any atom is -0.457 e. The average Bonchev–Trinajstić information content (AvgIpc) is 2.51. The summed E-state index contributed by atoms with van der Waals surface area (Å²) >= 11 is 5.91. The number of ether oxygens (including phenoxy) is 1. The summed E-state index contributed by atoms with van der Waals surface area (Å²) in [5.74, 6) is 1.59. The molecule has 0 atom stereocenters. The Balaban J connectivity index is 1.90. The fourth-order valence-electron chi connectivity index (χ4n) is 2.74. The number of para-hydroxylation sites is 1. The van der Waals surface area contributed by atoms with Crippen LogP contribution < -0.4 is 15.8 Å². The summed E-state index contributed by atoms with van der Waals surface area (Å²) in [4.78, 5) is 0. The molecule has 4 heteroatoms. The van der Waals surface area contributed by atoms with Gasteiger partial charge >= 0.3 is 0 Å². The second-order valence-corrected chi connectivity index (χ2v) is 5.89. The monoisotopic (exact) mass is 302 g/mol. The smallest absolute Gasteiger partial charge is 0.132 e. The normalized spacial score (nSPS) is 17.4. The van der Waals surface area contributed by atoms with E-state index in [1.807, 2.05) is 42.5 Å². The molecule has 3 nitrogen and oxygen atoms in total. The summed E-state index contributed by atoms with van der Waals surface area (Å²) in [6, 6.07) is 15.4. The lowest BCUT2D eigenvalue weighted by Gasteiger charge is -2.35. The number of piperidine rings is 1. The zero-order valence-corrected chi connectivity index (χ0v) is 12.6. The van der Waals surface area contributed by atoms with Gasteiger partial charge in [0.15, 0.2) is 0 Å². The Hall–Kier alpha value is -1.55. The topological polar surface area (TPSA) is 47.3 Å². The first-order valence-corrected chi connectivity index (χ1v) is 7.58. The molecule has 0 saturated carbocycles. The van der Waals surface area contributed by atoms with Gasteiger partial charge in [-0.1, -0.05) is 29.8 Å². The third-order valence-electron chi connectivity index (χ3n) is 3.96. The Morgan fingerprint density at radius 2 is 1.67 bits per heavy atom. The molecule has 3 rings (SSSR count). The van der Waals surface area contributed by atoms with Crippen LogP contribution in [0.2, 0.25) is 5.02 Å². The average molecular weight is 303 g/mol. The molecule has 3 N–H and O–H groups in total. The molecule has 0 unspecified atom stereocenters. The molecule has 1 aliphatic rings. The number of nitrogens with one attached hydrogen (secondary N) is 1. The number of halogens is 1. The van der Waals surface area contributed by atoms with Gasteiger partial charge in [0, 0.05) is 16.1 Å². The zero-order chi connectivity index (χ0) is 14.7. The minimum absolute atomic E-state index is 0.325. The summed E-state index contributed by atoms with van der Waals surface area (Å²) in [7, 11) is 0. The van der Waals surface area contributed by atoms with Crippen LogP contribution in [0.15, 0.2) is 48.5 Å². The van der Waals surface area contributed by atoms with Crippen LogP contribution in [0.5, 0.6) is 11.5 Å². The molecule has 0 bridgehead atoms. The molecule has 1 saturated heterocycles. The summed E-state index contributed by atoms with van der Waals surface area (Å²) in [6.07, 6.45) is 1.82. The van der Waals surface area contributed by atoms with E-state index in [9.17, 15) is 0 Å². The Morgan fingerprint density at radius 1 is 1.00 bits per heavy atom. The molecule has 1 fully saturated rings. The van der Waals surface area contributed by atoms with Crippen molar-refractivity contribution in [2.75, 3.05) is 13.1 Å². The second kappa shape index (κ2) is 6.06. The van der Waals surface area contributed by atoms with Crippen molar-refractivity contribution in [3.8, 4) is 11.5 Å². The molecular weight excluding hydrogens is 284 g/mol. The molecule has 0 aromatic heterocycles. The van der Waals surface area contributed by atoms with E-state index in [4.69, 9.17) is 22.1 Å². The molecule has 0 spiro atoms. The van der Waals surface area contributed by atoms with Crippen LogP contribution in [0, 0.1) is 0 Å². The highest BCUT2D eigenvalue weighted by Gasteiger charge is 2.32. The van der Waals surface area contributed by atoms with E-state index in [-0.39, 0.29) is 5.54 Å². The van der Waals surface area contributed by atoms with Crippen LogP contribution in [0.1, 0.15) is 18.4 Å². The van der Waals surface area contributed by atoms with Crippen molar-refractivity contribution >= 4 is 11.6 Å².